The monoisotopic (exact) mass is 304 g/mol. The van der Waals surface area contributed by atoms with Crippen LogP contribution in [0.5, 0.6) is 0 Å². The van der Waals surface area contributed by atoms with Crippen LogP contribution in [0.15, 0.2) is 18.2 Å². The zero-order valence-corrected chi connectivity index (χ0v) is 11.7. The van der Waals surface area contributed by atoms with E-state index in [4.69, 9.17) is 34.8 Å². The Hall–Kier alpha value is -0.350. The van der Waals surface area contributed by atoms with Gasteiger partial charge in [0.15, 0.2) is 0 Å². The number of fused-ring (bicyclic) bond motifs is 1. The van der Waals surface area contributed by atoms with Gasteiger partial charge in [0.25, 0.3) is 0 Å². The number of hydrogen-bond acceptors (Lipinski definition) is 2. The van der Waals surface area contributed by atoms with Gasteiger partial charge in [0.05, 0.1) is 16.4 Å². The van der Waals surface area contributed by atoms with Gasteiger partial charge >= 0.3 is 0 Å². The van der Waals surface area contributed by atoms with Gasteiger partial charge in [-0.2, -0.15) is 16.9 Å². The second-order valence-corrected chi connectivity index (χ2v) is 5.90. The summed E-state index contributed by atoms with van der Waals surface area (Å²) in [6.45, 7) is 0. The van der Waals surface area contributed by atoms with Crippen molar-refractivity contribution in [2.45, 2.75) is 11.5 Å². The molecule has 0 fully saturated rings. The molecule has 1 aliphatic heterocycles. The van der Waals surface area contributed by atoms with Gasteiger partial charge in [0.1, 0.15) is 5.15 Å². The number of benzene rings is 1. The Bertz CT molecular complexity index is 595. The smallest absolute Gasteiger partial charge is 0.137 e. The summed E-state index contributed by atoms with van der Waals surface area (Å²) in [6.07, 6.45) is 0. The minimum absolute atomic E-state index is 0.549. The Morgan fingerprint density at radius 3 is 2.71 bits per heavy atom. The average Bonchev–Trinajstić information content (AvgIpc) is 2.83. The molecule has 0 N–H and O–H groups in total. The van der Waals surface area contributed by atoms with Crippen LogP contribution in [0.1, 0.15) is 11.3 Å². The van der Waals surface area contributed by atoms with Crippen molar-refractivity contribution in [1.82, 2.24) is 9.78 Å². The van der Waals surface area contributed by atoms with E-state index in [-0.39, 0.29) is 0 Å². The first kappa shape index (κ1) is 11.7. The van der Waals surface area contributed by atoms with Gasteiger partial charge in [-0.3, -0.25) is 0 Å². The van der Waals surface area contributed by atoms with Gasteiger partial charge in [-0.1, -0.05) is 34.8 Å². The molecule has 0 bridgehead atoms. The number of halogens is 3. The first-order valence-electron chi connectivity index (χ1n) is 4.96. The minimum atomic E-state index is 0.549. The highest BCUT2D eigenvalue weighted by Gasteiger charge is 2.22. The van der Waals surface area contributed by atoms with Crippen molar-refractivity contribution in [3.8, 4) is 5.69 Å². The van der Waals surface area contributed by atoms with E-state index >= 15 is 0 Å². The molecular formula is C11H7Cl3N2S. The number of nitrogens with zero attached hydrogens (tertiary/aromatic N) is 2. The summed E-state index contributed by atoms with van der Waals surface area (Å²) >= 11 is 20.1. The molecular weight excluding hydrogens is 299 g/mol. The molecule has 2 heterocycles. The molecule has 88 valence electrons. The van der Waals surface area contributed by atoms with E-state index in [0.29, 0.717) is 15.2 Å². The first-order chi connectivity index (χ1) is 8.16. The van der Waals surface area contributed by atoms with Crippen molar-refractivity contribution in [1.29, 1.82) is 0 Å². The van der Waals surface area contributed by atoms with Gasteiger partial charge < -0.3 is 0 Å². The summed E-state index contributed by atoms with van der Waals surface area (Å²) < 4.78 is 1.69. The van der Waals surface area contributed by atoms with Crippen molar-refractivity contribution in [3.63, 3.8) is 0 Å². The van der Waals surface area contributed by atoms with Crippen molar-refractivity contribution < 1.29 is 0 Å². The summed E-state index contributed by atoms with van der Waals surface area (Å²) in [5, 5.41) is 6.29. The Morgan fingerprint density at radius 1 is 1.18 bits per heavy atom. The van der Waals surface area contributed by atoms with E-state index in [1.54, 1.807) is 16.8 Å². The van der Waals surface area contributed by atoms with Crippen molar-refractivity contribution in [2.24, 2.45) is 0 Å². The minimum Gasteiger partial charge on any atom is -0.220 e. The number of aromatic nitrogens is 2. The van der Waals surface area contributed by atoms with E-state index in [1.807, 2.05) is 17.8 Å². The predicted octanol–water partition coefficient (Wildman–Crippen LogP) is 4.58. The van der Waals surface area contributed by atoms with E-state index < -0.39 is 0 Å². The van der Waals surface area contributed by atoms with Crippen LogP contribution in [-0.2, 0) is 11.5 Å². The van der Waals surface area contributed by atoms with Crippen LogP contribution < -0.4 is 0 Å². The summed E-state index contributed by atoms with van der Waals surface area (Å²) in [6, 6.07) is 5.29. The van der Waals surface area contributed by atoms with E-state index in [0.717, 1.165) is 28.5 Å². The number of hydrogen-bond donors (Lipinski definition) is 0. The fraction of sp³-hybridized carbons (Fsp3) is 0.182. The zero-order valence-electron chi connectivity index (χ0n) is 8.58. The van der Waals surface area contributed by atoms with Gasteiger partial charge in [0.2, 0.25) is 0 Å². The quantitative estimate of drug-likeness (QED) is 0.767. The van der Waals surface area contributed by atoms with E-state index in [1.165, 1.54) is 0 Å². The standard InChI is InChI=1S/C11H7Cl3N2S/c12-6-1-2-10(8(13)3-6)16-11(14)7-4-17-5-9(7)15-16/h1-3H,4-5H2. The largest absolute Gasteiger partial charge is 0.220 e. The molecule has 6 heteroatoms. The van der Waals surface area contributed by atoms with Crippen LogP contribution in [0.25, 0.3) is 5.69 Å². The molecule has 1 aromatic heterocycles. The molecule has 0 spiro atoms. The van der Waals surface area contributed by atoms with Gasteiger partial charge in [0, 0.05) is 22.1 Å². The molecule has 1 aromatic carbocycles. The fourth-order valence-electron chi connectivity index (χ4n) is 1.79. The number of rotatable bonds is 1. The molecule has 0 unspecified atom stereocenters. The molecule has 0 amide bonds. The molecule has 1 aliphatic rings. The van der Waals surface area contributed by atoms with E-state index in [9.17, 15) is 0 Å². The van der Waals surface area contributed by atoms with Crippen molar-refractivity contribution >= 4 is 46.6 Å². The second-order valence-electron chi connectivity index (χ2n) is 3.72. The van der Waals surface area contributed by atoms with Crippen LogP contribution in [0.3, 0.4) is 0 Å². The summed E-state index contributed by atoms with van der Waals surface area (Å²) in [5.74, 6) is 1.83. The molecule has 2 aromatic rings. The highest BCUT2D eigenvalue weighted by molar-refractivity contribution is 7.98. The molecule has 0 radical (unpaired) electrons. The number of thioether (sulfide) groups is 1. The molecule has 2 nitrogen and oxygen atoms in total. The van der Waals surface area contributed by atoms with E-state index in [2.05, 4.69) is 5.10 Å². The lowest BCUT2D eigenvalue weighted by Gasteiger charge is -2.06. The predicted molar refractivity (Wildman–Crippen MR) is 73.6 cm³/mol. The molecule has 0 saturated carbocycles. The maximum absolute atomic E-state index is 6.31. The van der Waals surface area contributed by atoms with Crippen LogP contribution in [0, 0.1) is 0 Å². The summed E-state index contributed by atoms with van der Waals surface area (Å²) in [5.41, 5.74) is 2.93. The highest BCUT2D eigenvalue weighted by Crippen LogP contribution is 2.37. The third kappa shape index (κ3) is 1.95. The zero-order chi connectivity index (χ0) is 12.0. The normalized spacial score (nSPS) is 14.1. The highest BCUT2D eigenvalue weighted by atomic mass is 35.5. The average molecular weight is 306 g/mol. The van der Waals surface area contributed by atoms with Gasteiger partial charge in [-0.05, 0) is 18.2 Å². The first-order valence-corrected chi connectivity index (χ1v) is 7.25. The maximum atomic E-state index is 6.31. The van der Waals surface area contributed by atoms with Crippen LogP contribution in [0.4, 0.5) is 0 Å². The SMILES string of the molecule is Clc1ccc(-n2nc3c(c2Cl)CSC3)c(Cl)c1. The summed E-state index contributed by atoms with van der Waals surface area (Å²) in [7, 11) is 0. The molecule has 17 heavy (non-hydrogen) atoms. The van der Waals surface area contributed by atoms with Crippen LogP contribution in [0.2, 0.25) is 15.2 Å². The topological polar surface area (TPSA) is 17.8 Å². The molecule has 3 rings (SSSR count). The third-order valence-corrected chi connectivity index (χ3v) is 4.52. The van der Waals surface area contributed by atoms with Crippen molar-refractivity contribution in [2.75, 3.05) is 0 Å². The Balaban J connectivity index is 2.16. The third-order valence-electron chi connectivity index (χ3n) is 2.63. The van der Waals surface area contributed by atoms with Gasteiger partial charge in [-0.15, -0.1) is 0 Å². The van der Waals surface area contributed by atoms with Crippen molar-refractivity contribution in [3.05, 3.63) is 44.7 Å². The Labute approximate surface area is 118 Å². The molecule has 0 aliphatic carbocycles. The lowest BCUT2D eigenvalue weighted by Crippen LogP contribution is -1.98. The second kappa shape index (κ2) is 4.39. The fourth-order valence-corrected chi connectivity index (χ4v) is 3.70. The lowest BCUT2D eigenvalue weighted by molar-refractivity contribution is 0.860. The summed E-state index contributed by atoms with van der Waals surface area (Å²) in [4.78, 5) is 0. The maximum Gasteiger partial charge on any atom is 0.137 e. The lowest BCUT2D eigenvalue weighted by atomic mass is 10.3. The van der Waals surface area contributed by atoms with Gasteiger partial charge in [-0.25, -0.2) is 4.68 Å². The Morgan fingerprint density at radius 2 is 2.00 bits per heavy atom. The molecule has 0 atom stereocenters. The van der Waals surface area contributed by atoms with Crippen LogP contribution in [-0.4, -0.2) is 9.78 Å². The molecule has 0 saturated heterocycles. The van der Waals surface area contributed by atoms with Crippen LogP contribution >= 0.6 is 46.6 Å². The Kier molecular flexibility index (Phi) is 3.03.